The zero-order valence-corrected chi connectivity index (χ0v) is 12.5. The fraction of sp³-hybridized carbons (Fsp3) is 0.688. The van der Waals surface area contributed by atoms with Crippen molar-refractivity contribution in [3.63, 3.8) is 0 Å². The van der Waals surface area contributed by atoms with Crippen LogP contribution in [0.4, 0.5) is 0 Å². The van der Waals surface area contributed by atoms with Gasteiger partial charge in [0.25, 0.3) is 0 Å². The van der Waals surface area contributed by atoms with Crippen molar-refractivity contribution in [2.75, 3.05) is 6.54 Å². The van der Waals surface area contributed by atoms with Crippen LogP contribution in [0.2, 0.25) is 0 Å². The van der Waals surface area contributed by atoms with Crippen molar-refractivity contribution in [3.05, 3.63) is 29.6 Å². The van der Waals surface area contributed by atoms with Crippen molar-refractivity contribution in [3.8, 4) is 0 Å². The minimum Gasteiger partial charge on any atom is -0.388 e. The van der Waals surface area contributed by atoms with Crippen molar-refractivity contribution < 1.29 is 5.11 Å². The number of rotatable bonds is 3. The van der Waals surface area contributed by atoms with Gasteiger partial charge in [0.1, 0.15) is 0 Å². The SMILES string of the molecule is CC(C)(C)NCC(C)(O)C1CCCc2cccnc21. The molecule has 0 bridgehead atoms. The van der Waals surface area contributed by atoms with E-state index in [0.29, 0.717) is 6.54 Å². The van der Waals surface area contributed by atoms with Gasteiger partial charge in [-0.1, -0.05) is 6.07 Å². The molecule has 1 heterocycles. The number of hydrogen-bond acceptors (Lipinski definition) is 3. The summed E-state index contributed by atoms with van der Waals surface area (Å²) in [6.07, 6.45) is 5.07. The van der Waals surface area contributed by atoms with E-state index in [1.165, 1.54) is 5.56 Å². The number of aromatic nitrogens is 1. The Morgan fingerprint density at radius 2 is 2.11 bits per heavy atom. The van der Waals surface area contributed by atoms with Crippen LogP contribution in [-0.4, -0.2) is 27.8 Å². The third kappa shape index (κ3) is 3.54. The summed E-state index contributed by atoms with van der Waals surface area (Å²) in [5.41, 5.74) is 1.66. The summed E-state index contributed by atoms with van der Waals surface area (Å²) in [7, 11) is 0. The molecule has 106 valence electrons. The maximum absolute atomic E-state index is 10.8. The lowest BCUT2D eigenvalue weighted by Crippen LogP contribution is -2.49. The number of aliphatic hydroxyl groups is 1. The molecule has 0 fully saturated rings. The van der Waals surface area contributed by atoms with Crippen LogP contribution in [0, 0.1) is 0 Å². The molecule has 2 N–H and O–H groups in total. The zero-order chi connectivity index (χ0) is 14.1. The molecule has 0 aromatic carbocycles. The number of pyridine rings is 1. The molecule has 0 spiro atoms. The topological polar surface area (TPSA) is 45.1 Å². The van der Waals surface area contributed by atoms with Gasteiger partial charge < -0.3 is 10.4 Å². The van der Waals surface area contributed by atoms with Gasteiger partial charge in [-0.3, -0.25) is 4.98 Å². The van der Waals surface area contributed by atoms with Crippen LogP contribution < -0.4 is 5.32 Å². The van der Waals surface area contributed by atoms with Crippen molar-refractivity contribution in [1.29, 1.82) is 0 Å². The van der Waals surface area contributed by atoms with Crippen LogP contribution >= 0.6 is 0 Å². The number of aryl methyl sites for hydroxylation is 1. The van der Waals surface area contributed by atoms with Crippen molar-refractivity contribution in [2.45, 2.75) is 64.0 Å². The van der Waals surface area contributed by atoms with Crippen LogP contribution in [0.3, 0.4) is 0 Å². The van der Waals surface area contributed by atoms with Gasteiger partial charge in [-0.15, -0.1) is 0 Å². The quantitative estimate of drug-likeness (QED) is 0.880. The number of fused-ring (bicyclic) bond motifs is 1. The highest BCUT2D eigenvalue weighted by molar-refractivity contribution is 5.28. The van der Waals surface area contributed by atoms with Crippen LogP contribution in [0.25, 0.3) is 0 Å². The highest BCUT2D eigenvalue weighted by Gasteiger charge is 2.37. The number of hydrogen-bond donors (Lipinski definition) is 2. The van der Waals surface area contributed by atoms with Crippen molar-refractivity contribution >= 4 is 0 Å². The second-order valence-electron chi connectivity index (χ2n) is 6.95. The molecule has 3 heteroatoms. The number of nitrogens with one attached hydrogen (secondary N) is 1. The molecule has 2 unspecified atom stereocenters. The highest BCUT2D eigenvalue weighted by atomic mass is 16.3. The average Bonchev–Trinajstić information content (AvgIpc) is 2.35. The molecule has 1 aromatic heterocycles. The minimum atomic E-state index is -0.753. The van der Waals surface area contributed by atoms with Crippen LogP contribution in [0.1, 0.15) is 57.7 Å². The summed E-state index contributed by atoms with van der Waals surface area (Å²) in [6.45, 7) is 8.89. The summed E-state index contributed by atoms with van der Waals surface area (Å²) in [4.78, 5) is 4.52. The van der Waals surface area contributed by atoms with Gasteiger partial charge in [-0.2, -0.15) is 0 Å². The Bertz CT molecular complexity index is 435. The Labute approximate surface area is 116 Å². The van der Waals surface area contributed by atoms with Gasteiger partial charge in [0.15, 0.2) is 0 Å². The fourth-order valence-electron chi connectivity index (χ4n) is 2.78. The Hall–Kier alpha value is -0.930. The monoisotopic (exact) mass is 262 g/mol. The summed E-state index contributed by atoms with van der Waals surface area (Å²) in [5, 5.41) is 14.3. The maximum atomic E-state index is 10.8. The maximum Gasteiger partial charge on any atom is 0.0827 e. The second kappa shape index (κ2) is 5.22. The van der Waals surface area contributed by atoms with E-state index < -0.39 is 5.60 Å². The Kier molecular flexibility index (Phi) is 3.98. The molecule has 0 radical (unpaired) electrons. The van der Waals surface area contributed by atoms with Gasteiger partial charge in [0.05, 0.1) is 5.60 Å². The Morgan fingerprint density at radius 1 is 1.37 bits per heavy atom. The van der Waals surface area contributed by atoms with E-state index in [4.69, 9.17) is 0 Å². The van der Waals surface area contributed by atoms with E-state index in [1.54, 1.807) is 0 Å². The van der Waals surface area contributed by atoms with Gasteiger partial charge in [-0.25, -0.2) is 0 Å². The molecule has 2 atom stereocenters. The predicted molar refractivity (Wildman–Crippen MR) is 78.3 cm³/mol. The summed E-state index contributed by atoms with van der Waals surface area (Å²) in [5.74, 6) is 0.132. The van der Waals surface area contributed by atoms with Crippen LogP contribution in [-0.2, 0) is 6.42 Å². The summed E-state index contributed by atoms with van der Waals surface area (Å²) < 4.78 is 0. The molecular formula is C16H26N2O. The van der Waals surface area contributed by atoms with E-state index in [-0.39, 0.29) is 11.5 Å². The average molecular weight is 262 g/mol. The standard InChI is InChI=1S/C16H26N2O/c1-15(2,3)18-11-16(4,19)13-9-5-7-12-8-6-10-17-14(12)13/h6,8,10,13,18-19H,5,7,9,11H2,1-4H3. The van der Waals surface area contributed by atoms with Crippen molar-refractivity contribution in [1.82, 2.24) is 10.3 Å². The molecule has 2 rings (SSSR count). The Balaban J connectivity index is 2.17. The Morgan fingerprint density at radius 3 is 2.79 bits per heavy atom. The normalized spacial score (nSPS) is 22.7. The fourth-order valence-corrected chi connectivity index (χ4v) is 2.78. The van der Waals surface area contributed by atoms with Gasteiger partial charge >= 0.3 is 0 Å². The highest BCUT2D eigenvalue weighted by Crippen LogP contribution is 2.37. The van der Waals surface area contributed by atoms with Gasteiger partial charge in [-0.05, 0) is 58.6 Å². The van der Waals surface area contributed by atoms with Crippen LogP contribution in [0.15, 0.2) is 18.3 Å². The first-order chi connectivity index (χ1) is 8.80. The molecule has 3 nitrogen and oxygen atoms in total. The molecule has 1 aromatic rings. The molecule has 1 aliphatic carbocycles. The number of nitrogens with zero attached hydrogens (tertiary/aromatic N) is 1. The minimum absolute atomic E-state index is 0.0194. The van der Waals surface area contributed by atoms with Crippen LogP contribution in [0.5, 0.6) is 0 Å². The van der Waals surface area contributed by atoms with E-state index in [0.717, 1.165) is 25.0 Å². The molecule has 0 aliphatic heterocycles. The first kappa shape index (κ1) is 14.5. The lowest BCUT2D eigenvalue weighted by molar-refractivity contribution is 0.0181. The van der Waals surface area contributed by atoms with E-state index in [9.17, 15) is 5.11 Å². The molecule has 0 saturated carbocycles. The summed E-state index contributed by atoms with van der Waals surface area (Å²) >= 11 is 0. The van der Waals surface area contributed by atoms with E-state index >= 15 is 0 Å². The van der Waals surface area contributed by atoms with Gasteiger partial charge in [0, 0.05) is 29.9 Å². The largest absolute Gasteiger partial charge is 0.388 e. The van der Waals surface area contributed by atoms with E-state index in [1.807, 2.05) is 19.2 Å². The smallest absolute Gasteiger partial charge is 0.0827 e. The lowest BCUT2D eigenvalue weighted by Gasteiger charge is -2.38. The summed E-state index contributed by atoms with van der Waals surface area (Å²) in [6, 6.07) is 4.13. The third-order valence-electron chi connectivity index (χ3n) is 3.92. The first-order valence-electron chi connectivity index (χ1n) is 7.21. The second-order valence-corrected chi connectivity index (χ2v) is 6.95. The molecule has 0 saturated heterocycles. The zero-order valence-electron chi connectivity index (χ0n) is 12.5. The third-order valence-corrected chi connectivity index (χ3v) is 3.92. The van der Waals surface area contributed by atoms with Gasteiger partial charge in [0.2, 0.25) is 0 Å². The lowest BCUT2D eigenvalue weighted by atomic mass is 9.76. The number of β-amino-alcohol motifs (C(OH)–C–C–N with tert-alkyl or cyclic N) is 1. The van der Waals surface area contributed by atoms with E-state index in [2.05, 4.69) is 37.1 Å². The van der Waals surface area contributed by atoms with Crippen molar-refractivity contribution in [2.24, 2.45) is 0 Å². The molecular weight excluding hydrogens is 236 g/mol. The first-order valence-corrected chi connectivity index (χ1v) is 7.21. The predicted octanol–water partition coefficient (Wildman–Crippen LogP) is 2.64. The molecule has 19 heavy (non-hydrogen) atoms. The molecule has 0 amide bonds. The molecule has 1 aliphatic rings.